The Labute approximate surface area is 132 Å². The molecule has 3 heteroatoms. The van der Waals surface area contributed by atoms with Gasteiger partial charge in [0.25, 0.3) is 0 Å². The molecule has 1 unspecified atom stereocenters. The number of benzene rings is 2. The van der Waals surface area contributed by atoms with Crippen molar-refractivity contribution in [2.24, 2.45) is 0 Å². The third-order valence-corrected chi connectivity index (χ3v) is 4.68. The number of hydrogen-bond donors (Lipinski definition) is 1. The highest BCUT2D eigenvalue weighted by atomic mass is 16.5. The van der Waals surface area contributed by atoms with Crippen molar-refractivity contribution in [1.82, 2.24) is 4.90 Å². The molecule has 3 nitrogen and oxygen atoms in total. The quantitative estimate of drug-likeness (QED) is 0.878. The summed E-state index contributed by atoms with van der Waals surface area (Å²) in [6, 6.07) is 15.2. The molecule has 0 aliphatic carbocycles. The number of nitrogens with zero attached hydrogens (tertiary/aromatic N) is 1. The van der Waals surface area contributed by atoms with Gasteiger partial charge in [-0.3, -0.25) is 4.90 Å². The number of anilines is 1. The van der Waals surface area contributed by atoms with Crippen LogP contribution in [0, 0.1) is 0 Å². The largest absolute Gasteiger partial charge is 0.497 e. The minimum Gasteiger partial charge on any atom is -0.497 e. The van der Waals surface area contributed by atoms with Crippen LogP contribution in [-0.2, 0) is 12.8 Å². The Bertz CT molecular complexity index is 636. The first-order valence-electron chi connectivity index (χ1n) is 7.92. The van der Waals surface area contributed by atoms with Crippen LogP contribution in [0.2, 0.25) is 0 Å². The van der Waals surface area contributed by atoms with E-state index >= 15 is 0 Å². The average Bonchev–Trinajstić information content (AvgIpc) is 2.55. The van der Waals surface area contributed by atoms with Crippen LogP contribution in [0.1, 0.15) is 29.7 Å². The Kier molecular flexibility index (Phi) is 4.34. The molecule has 0 fully saturated rings. The van der Waals surface area contributed by atoms with E-state index in [2.05, 4.69) is 42.2 Å². The number of nitrogen functional groups attached to an aromatic ring is 1. The summed E-state index contributed by atoms with van der Waals surface area (Å²) >= 11 is 0. The molecule has 0 saturated carbocycles. The van der Waals surface area contributed by atoms with Gasteiger partial charge in [0.05, 0.1) is 7.11 Å². The molecule has 1 aliphatic heterocycles. The van der Waals surface area contributed by atoms with Crippen molar-refractivity contribution < 1.29 is 4.74 Å². The van der Waals surface area contributed by atoms with Gasteiger partial charge >= 0.3 is 0 Å². The molecule has 0 amide bonds. The highest BCUT2D eigenvalue weighted by molar-refractivity contribution is 5.40. The molecule has 0 bridgehead atoms. The maximum Gasteiger partial charge on any atom is 0.119 e. The molecule has 2 N–H and O–H groups in total. The van der Waals surface area contributed by atoms with Crippen molar-refractivity contribution in [3.8, 4) is 5.75 Å². The van der Waals surface area contributed by atoms with Crippen LogP contribution in [0.3, 0.4) is 0 Å². The SMILES string of the molecule is COc1ccc2c(c1)CCN(CCc1ccc(N)cc1)C2C. The van der Waals surface area contributed by atoms with E-state index in [1.165, 1.54) is 16.7 Å². The lowest BCUT2D eigenvalue weighted by Gasteiger charge is -2.35. The lowest BCUT2D eigenvalue weighted by atomic mass is 9.93. The maximum absolute atomic E-state index is 5.74. The Morgan fingerprint density at radius 1 is 1.18 bits per heavy atom. The van der Waals surface area contributed by atoms with E-state index < -0.39 is 0 Å². The van der Waals surface area contributed by atoms with Crippen molar-refractivity contribution in [3.05, 3.63) is 59.2 Å². The van der Waals surface area contributed by atoms with Crippen LogP contribution in [0.4, 0.5) is 5.69 Å². The standard InChI is InChI=1S/C19H24N2O/c1-14-19-8-7-18(22-2)13-16(19)10-12-21(14)11-9-15-3-5-17(20)6-4-15/h3-8,13-14H,9-12,20H2,1-2H3. The average molecular weight is 296 g/mol. The zero-order valence-electron chi connectivity index (χ0n) is 13.4. The molecule has 2 aromatic carbocycles. The van der Waals surface area contributed by atoms with Gasteiger partial charge in [-0.25, -0.2) is 0 Å². The first kappa shape index (κ1) is 14.9. The van der Waals surface area contributed by atoms with Gasteiger partial charge in [0.1, 0.15) is 5.75 Å². The molecule has 0 aromatic heterocycles. The van der Waals surface area contributed by atoms with Crippen molar-refractivity contribution in [1.29, 1.82) is 0 Å². The van der Waals surface area contributed by atoms with Crippen LogP contribution < -0.4 is 10.5 Å². The Hall–Kier alpha value is -2.00. The molecule has 0 radical (unpaired) electrons. The van der Waals surface area contributed by atoms with E-state index in [0.717, 1.165) is 37.4 Å². The van der Waals surface area contributed by atoms with Gasteiger partial charge in [-0.1, -0.05) is 18.2 Å². The fourth-order valence-corrected chi connectivity index (χ4v) is 3.25. The molecule has 1 atom stereocenters. The van der Waals surface area contributed by atoms with Gasteiger partial charge in [-0.15, -0.1) is 0 Å². The lowest BCUT2D eigenvalue weighted by molar-refractivity contribution is 0.201. The van der Waals surface area contributed by atoms with E-state index in [9.17, 15) is 0 Å². The van der Waals surface area contributed by atoms with Crippen LogP contribution >= 0.6 is 0 Å². The minimum atomic E-state index is 0.462. The summed E-state index contributed by atoms with van der Waals surface area (Å²) in [6.45, 7) is 4.49. The molecule has 2 aromatic rings. The minimum absolute atomic E-state index is 0.462. The van der Waals surface area contributed by atoms with E-state index in [-0.39, 0.29) is 0 Å². The predicted molar refractivity (Wildman–Crippen MR) is 91.2 cm³/mol. The van der Waals surface area contributed by atoms with Gasteiger partial charge in [0, 0.05) is 24.8 Å². The number of nitrogens with two attached hydrogens (primary N) is 1. The van der Waals surface area contributed by atoms with Crippen molar-refractivity contribution >= 4 is 5.69 Å². The molecule has 1 aliphatic rings. The second-order valence-corrected chi connectivity index (χ2v) is 6.02. The van der Waals surface area contributed by atoms with Crippen LogP contribution in [0.25, 0.3) is 0 Å². The third-order valence-electron chi connectivity index (χ3n) is 4.68. The molecule has 3 rings (SSSR count). The highest BCUT2D eigenvalue weighted by Crippen LogP contribution is 2.31. The fraction of sp³-hybridized carbons (Fsp3) is 0.368. The van der Waals surface area contributed by atoms with Crippen molar-refractivity contribution in [2.45, 2.75) is 25.8 Å². The molecule has 0 spiro atoms. The third kappa shape index (κ3) is 3.09. The van der Waals surface area contributed by atoms with E-state index in [0.29, 0.717) is 6.04 Å². The summed E-state index contributed by atoms with van der Waals surface area (Å²) in [5.74, 6) is 0.960. The molecular formula is C19H24N2O. The van der Waals surface area contributed by atoms with Crippen LogP contribution in [0.15, 0.2) is 42.5 Å². The summed E-state index contributed by atoms with van der Waals surface area (Å²) in [4.78, 5) is 2.56. The van der Waals surface area contributed by atoms with Gasteiger partial charge in [0.2, 0.25) is 0 Å². The van der Waals surface area contributed by atoms with E-state index in [1.54, 1.807) is 7.11 Å². The van der Waals surface area contributed by atoms with Gasteiger partial charge < -0.3 is 10.5 Å². The zero-order valence-corrected chi connectivity index (χ0v) is 13.4. The second-order valence-electron chi connectivity index (χ2n) is 6.02. The molecule has 116 valence electrons. The normalized spacial score (nSPS) is 18.0. The Morgan fingerprint density at radius 3 is 2.68 bits per heavy atom. The lowest BCUT2D eigenvalue weighted by Crippen LogP contribution is -2.35. The summed E-state index contributed by atoms with van der Waals surface area (Å²) in [6.07, 6.45) is 2.16. The molecular weight excluding hydrogens is 272 g/mol. The number of methoxy groups -OCH3 is 1. The predicted octanol–water partition coefficient (Wildman–Crippen LogP) is 3.44. The van der Waals surface area contributed by atoms with E-state index in [4.69, 9.17) is 10.5 Å². The van der Waals surface area contributed by atoms with Crippen molar-refractivity contribution in [3.63, 3.8) is 0 Å². The van der Waals surface area contributed by atoms with Gasteiger partial charge in [-0.05, 0) is 60.7 Å². The Morgan fingerprint density at radius 2 is 1.95 bits per heavy atom. The second kappa shape index (κ2) is 6.41. The van der Waals surface area contributed by atoms with E-state index in [1.807, 2.05) is 12.1 Å². The van der Waals surface area contributed by atoms with Gasteiger partial charge in [0.15, 0.2) is 0 Å². The fourth-order valence-electron chi connectivity index (χ4n) is 3.25. The van der Waals surface area contributed by atoms with Crippen LogP contribution in [0.5, 0.6) is 5.75 Å². The topological polar surface area (TPSA) is 38.5 Å². The molecule has 22 heavy (non-hydrogen) atoms. The summed E-state index contributed by atoms with van der Waals surface area (Å²) < 4.78 is 5.33. The van der Waals surface area contributed by atoms with Crippen LogP contribution in [-0.4, -0.2) is 25.1 Å². The first-order chi connectivity index (χ1) is 10.7. The number of ether oxygens (including phenoxy) is 1. The Balaban J connectivity index is 1.67. The number of rotatable bonds is 4. The number of hydrogen-bond acceptors (Lipinski definition) is 3. The van der Waals surface area contributed by atoms with Crippen molar-refractivity contribution in [2.75, 3.05) is 25.9 Å². The monoisotopic (exact) mass is 296 g/mol. The molecule has 0 saturated heterocycles. The summed E-state index contributed by atoms with van der Waals surface area (Å²) in [5.41, 5.74) is 10.8. The molecule has 1 heterocycles. The summed E-state index contributed by atoms with van der Waals surface area (Å²) in [7, 11) is 1.73. The first-order valence-corrected chi connectivity index (χ1v) is 7.92. The number of fused-ring (bicyclic) bond motifs is 1. The highest BCUT2D eigenvalue weighted by Gasteiger charge is 2.23. The summed E-state index contributed by atoms with van der Waals surface area (Å²) in [5, 5.41) is 0. The smallest absolute Gasteiger partial charge is 0.119 e. The maximum atomic E-state index is 5.74. The van der Waals surface area contributed by atoms with Gasteiger partial charge in [-0.2, -0.15) is 0 Å². The zero-order chi connectivity index (χ0) is 15.5.